The first kappa shape index (κ1) is 15.5. The molecule has 0 unspecified atom stereocenters. The quantitative estimate of drug-likeness (QED) is 0.831. The molecule has 0 aliphatic rings. The zero-order valence-electron chi connectivity index (χ0n) is 11.0. The second-order valence-electron chi connectivity index (χ2n) is 4.13. The first-order chi connectivity index (χ1) is 9.85. The molecule has 2 rings (SSSR count). The highest BCUT2D eigenvalue weighted by atomic mass is 32.2. The lowest BCUT2D eigenvalue weighted by Gasteiger charge is -2.05. The number of nitrogens with one attached hydrogen (secondary N) is 2. The fraction of sp³-hybridized carbons (Fsp3) is 0.333. The first-order valence-electron chi connectivity index (χ1n) is 5.96. The highest BCUT2D eigenvalue weighted by molar-refractivity contribution is 8.00. The van der Waals surface area contributed by atoms with Crippen molar-refractivity contribution in [3.63, 3.8) is 0 Å². The van der Waals surface area contributed by atoms with Crippen molar-refractivity contribution in [2.45, 2.75) is 12.4 Å². The number of aromatic amines is 1. The number of aryl methyl sites for hydroxylation is 1. The van der Waals surface area contributed by atoms with Crippen LogP contribution in [0.3, 0.4) is 0 Å². The monoisotopic (exact) mass is 319 g/mol. The number of furan rings is 1. The number of thioether (sulfide) groups is 1. The lowest BCUT2D eigenvalue weighted by atomic mass is 10.3. The third kappa shape index (κ3) is 4.55. The molecule has 0 bridgehead atoms. The van der Waals surface area contributed by atoms with Crippen LogP contribution in [-0.2, 0) is 0 Å². The van der Waals surface area contributed by atoms with Crippen LogP contribution in [0, 0.1) is 6.92 Å². The van der Waals surface area contributed by atoms with Crippen LogP contribution in [-0.4, -0.2) is 33.9 Å². The van der Waals surface area contributed by atoms with Crippen LogP contribution >= 0.6 is 11.8 Å². The Balaban J connectivity index is 1.88. The molecule has 9 heteroatoms. The van der Waals surface area contributed by atoms with Gasteiger partial charge < -0.3 is 9.73 Å². The molecule has 0 fully saturated rings. The molecule has 0 saturated carbocycles. The van der Waals surface area contributed by atoms with Gasteiger partial charge in [0.2, 0.25) is 0 Å². The SMILES string of the molecule is Cc1ccc(-c2cc(C(=O)NCCSC(F)(F)F)n[nH]2)o1. The molecule has 0 saturated heterocycles. The Labute approximate surface area is 122 Å². The van der Waals surface area contributed by atoms with E-state index < -0.39 is 11.4 Å². The van der Waals surface area contributed by atoms with E-state index in [0.717, 1.165) is 5.76 Å². The number of carbonyl (C=O) groups is 1. The number of aromatic nitrogens is 2. The van der Waals surface area contributed by atoms with E-state index in [-0.39, 0.29) is 29.8 Å². The van der Waals surface area contributed by atoms with Gasteiger partial charge in [-0.3, -0.25) is 9.89 Å². The number of carbonyl (C=O) groups excluding carboxylic acids is 1. The minimum atomic E-state index is -4.29. The zero-order valence-corrected chi connectivity index (χ0v) is 11.8. The molecule has 0 aliphatic heterocycles. The van der Waals surface area contributed by atoms with Crippen molar-refractivity contribution < 1.29 is 22.4 Å². The lowest BCUT2D eigenvalue weighted by Crippen LogP contribution is -2.26. The van der Waals surface area contributed by atoms with Gasteiger partial charge >= 0.3 is 5.51 Å². The number of halogens is 3. The van der Waals surface area contributed by atoms with Gasteiger partial charge in [-0.15, -0.1) is 0 Å². The predicted octanol–water partition coefficient (Wildman–Crippen LogP) is 2.96. The van der Waals surface area contributed by atoms with Gasteiger partial charge in [-0.05, 0) is 30.8 Å². The molecule has 0 aromatic carbocycles. The highest BCUT2D eigenvalue weighted by Crippen LogP contribution is 2.29. The Morgan fingerprint density at radius 2 is 2.24 bits per heavy atom. The van der Waals surface area contributed by atoms with Gasteiger partial charge in [-0.1, -0.05) is 0 Å². The molecule has 0 radical (unpaired) electrons. The van der Waals surface area contributed by atoms with Crippen LogP contribution in [0.2, 0.25) is 0 Å². The summed E-state index contributed by atoms with van der Waals surface area (Å²) in [5.41, 5.74) is -3.67. The Hall–Kier alpha value is -1.90. The third-order valence-corrected chi connectivity index (χ3v) is 3.21. The van der Waals surface area contributed by atoms with E-state index in [9.17, 15) is 18.0 Å². The summed E-state index contributed by atoms with van der Waals surface area (Å²) in [4.78, 5) is 11.7. The smallest absolute Gasteiger partial charge is 0.441 e. The Morgan fingerprint density at radius 1 is 1.48 bits per heavy atom. The average molecular weight is 319 g/mol. The van der Waals surface area contributed by atoms with E-state index in [1.807, 2.05) is 0 Å². The summed E-state index contributed by atoms with van der Waals surface area (Å²) in [6.45, 7) is 1.69. The summed E-state index contributed by atoms with van der Waals surface area (Å²) in [6, 6.07) is 4.97. The molecule has 0 spiro atoms. The van der Waals surface area contributed by atoms with Crippen LogP contribution in [0.15, 0.2) is 22.6 Å². The van der Waals surface area contributed by atoms with Crippen LogP contribution < -0.4 is 5.32 Å². The van der Waals surface area contributed by atoms with Crippen molar-refractivity contribution in [2.75, 3.05) is 12.3 Å². The summed E-state index contributed by atoms with van der Waals surface area (Å²) in [5, 5.41) is 8.81. The van der Waals surface area contributed by atoms with E-state index >= 15 is 0 Å². The van der Waals surface area contributed by atoms with E-state index in [2.05, 4.69) is 15.5 Å². The Kier molecular flexibility index (Phi) is 4.61. The molecule has 5 nitrogen and oxygen atoms in total. The number of rotatable bonds is 5. The molecular weight excluding hydrogens is 307 g/mol. The second-order valence-corrected chi connectivity index (χ2v) is 5.29. The molecule has 21 heavy (non-hydrogen) atoms. The maximum atomic E-state index is 11.9. The van der Waals surface area contributed by atoms with E-state index in [4.69, 9.17) is 4.42 Å². The van der Waals surface area contributed by atoms with E-state index in [1.165, 1.54) is 6.07 Å². The molecule has 2 heterocycles. The highest BCUT2D eigenvalue weighted by Gasteiger charge is 2.27. The van der Waals surface area contributed by atoms with Crippen molar-refractivity contribution >= 4 is 17.7 Å². The molecule has 2 aromatic heterocycles. The zero-order chi connectivity index (χ0) is 15.5. The van der Waals surface area contributed by atoms with Gasteiger partial charge in [0.15, 0.2) is 11.5 Å². The van der Waals surface area contributed by atoms with E-state index in [1.54, 1.807) is 19.1 Å². The largest absolute Gasteiger partial charge is 0.460 e. The third-order valence-electron chi connectivity index (χ3n) is 2.47. The lowest BCUT2D eigenvalue weighted by molar-refractivity contribution is -0.0327. The van der Waals surface area contributed by atoms with Crippen LogP contribution in [0.5, 0.6) is 0 Å². The summed E-state index contributed by atoms with van der Waals surface area (Å²) < 4.78 is 41.1. The topological polar surface area (TPSA) is 70.9 Å². The van der Waals surface area contributed by atoms with Gasteiger partial charge in [-0.2, -0.15) is 18.3 Å². The number of amides is 1. The number of nitrogens with zero attached hydrogens (tertiary/aromatic N) is 1. The number of H-pyrrole nitrogens is 1. The molecule has 2 N–H and O–H groups in total. The number of alkyl halides is 3. The van der Waals surface area contributed by atoms with Gasteiger partial charge in [0.25, 0.3) is 5.91 Å². The minimum absolute atomic E-state index is 0.0922. The standard InChI is InChI=1S/C12H12F3N3O2S/c1-7-2-3-10(20-7)8-6-9(18-17-8)11(19)16-4-5-21-12(13,14)15/h2-3,6H,4-5H2,1H3,(H,16,19)(H,17,18). The molecule has 0 aliphatic carbocycles. The fourth-order valence-electron chi connectivity index (χ4n) is 1.57. The molecule has 1 amide bonds. The Morgan fingerprint density at radius 3 is 2.86 bits per heavy atom. The summed E-state index contributed by atoms with van der Waals surface area (Å²) >= 11 is -0.182. The summed E-state index contributed by atoms with van der Waals surface area (Å²) in [5.74, 6) is 0.467. The van der Waals surface area contributed by atoms with E-state index in [0.29, 0.717) is 11.5 Å². The van der Waals surface area contributed by atoms with Crippen LogP contribution in [0.1, 0.15) is 16.2 Å². The number of hydrogen-bond acceptors (Lipinski definition) is 4. The summed E-state index contributed by atoms with van der Waals surface area (Å²) in [6.07, 6.45) is 0. The van der Waals surface area contributed by atoms with Gasteiger partial charge in [0.05, 0.1) is 0 Å². The molecule has 2 aromatic rings. The van der Waals surface area contributed by atoms with Crippen molar-refractivity contribution in [1.82, 2.24) is 15.5 Å². The average Bonchev–Trinajstić information content (AvgIpc) is 3.01. The number of hydrogen-bond donors (Lipinski definition) is 2. The molecular formula is C12H12F3N3O2S. The van der Waals surface area contributed by atoms with Crippen molar-refractivity contribution in [2.24, 2.45) is 0 Å². The van der Waals surface area contributed by atoms with Crippen molar-refractivity contribution in [1.29, 1.82) is 0 Å². The molecule has 114 valence electrons. The maximum absolute atomic E-state index is 11.9. The maximum Gasteiger partial charge on any atom is 0.441 e. The van der Waals surface area contributed by atoms with Crippen molar-refractivity contribution in [3.8, 4) is 11.5 Å². The minimum Gasteiger partial charge on any atom is -0.460 e. The van der Waals surface area contributed by atoms with Gasteiger partial charge in [0.1, 0.15) is 11.5 Å². The van der Waals surface area contributed by atoms with Crippen LogP contribution in [0.25, 0.3) is 11.5 Å². The Bertz CT molecular complexity index is 621. The first-order valence-corrected chi connectivity index (χ1v) is 6.95. The van der Waals surface area contributed by atoms with Gasteiger partial charge in [-0.25, -0.2) is 0 Å². The fourth-order valence-corrected chi connectivity index (χ4v) is 2.00. The van der Waals surface area contributed by atoms with Crippen LogP contribution in [0.4, 0.5) is 13.2 Å². The predicted molar refractivity (Wildman–Crippen MR) is 71.9 cm³/mol. The van der Waals surface area contributed by atoms with Gasteiger partial charge in [0, 0.05) is 18.4 Å². The molecule has 0 atom stereocenters. The normalized spacial score (nSPS) is 11.6. The second kappa shape index (κ2) is 6.25. The van der Waals surface area contributed by atoms with Crippen molar-refractivity contribution in [3.05, 3.63) is 29.7 Å². The summed E-state index contributed by atoms with van der Waals surface area (Å²) in [7, 11) is 0.